The molecule has 1 atom stereocenters. The number of thioether (sulfide) groups is 1. The minimum Gasteiger partial charge on any atom is -0.115 e. The Hall–Kier alpha value is -0.950. The molecule has 0 amide bonds. The molecule has 0 aromatic heterocycles. The molecule has 1 aliphatic carbocycles. The summed E-state index contributed by atoms with van der Waals surface area (Å²) in [4.78, 5) is 1.38. The van der Waals surface area contributed by atoms with Gasteiger partial charge in [0.25, 0.3) is 0 Å². The van der Waals surface area contributed by atoms with Gasteiger partial charge in [0.15, 0.2) is 0 Å². The molecule has 1 unspecified atom stereocenters. The van der Waals surface area contributed by atoms with Crippen molar-refractivity contribution in [2.24, 2.45) is 0 Å². The van der Waals surface area contributed by atoms with Crippen molar-refractivity contribution in [3.63, 3.8) is 0 Å². The normalized spacial score (nSPS) is 18.2. The van der Waals surface area contributed by atoms with Gasteiger partial charge in [-0.3, -0.25) is 0 Å². The second-order valence-corrected chi connectivity index (χ2v) is 8.70. The number of hydrogen-bond donors (Lipinski definition) is 0. The van der Waals surface area contributed by atoms with Crippen LogP contribution in [0.1, 0.15) is 59.4 Å². The van der Waals surface area contributed by atoms with E-state index in [4.69, 9.17) is 0 Å². The Morgan fingerprint density at radius 3 is 2.19 bits per heavy atom. The quantitative estimate of drug-likeness (QED) is 0.570. The van der Waals surface area contributed by atoms with Crippen LogP contribution in [-0.2, 0) is 5.41 Å². The van der Waals surface area contributed by atoms with E-state index in [1.54, 1.807) is 5.57 Å². The Morgan fingerprint density at radius 1 is 1.05 bits per heavy atom. The van der Waals surface area contributed by atoms with E-state index >= 15 is 0 Å². The molecule has 0 saturated heterocycles. The summed E-state index contributed by atoms with van der Waals surface area (Å²) in [5.74, 6) is 0. The SMILES string of the molecule is CCC(C)(Sc1ccc(C(C)(C)C)cc1)C1=CC=CCC1. The molecular formula is C20H28S. The summed E-state index contributed by atoms with van der Waals surface area (Å²) >= 11 is 2.01. The van der Waals surface area contributed by atoms with Gasteiger partial charge in [0, 0.05) is 9.64 Å². The van der Waals surface area contributed by atoms with E-state index < -0.39 is 0 Å². The van der Waals surface area contributed by atoms with Crippen molar-refractivity contribution in [3.05, 3.63) is 53.6 Å². The molecule has 21 heavy (non-hydrogen) atoms. The van der Waals surface area contributed by atoms with Crippen LogP contribution in [0.2, 0.25) is 0 Å². The molecule has 0 saturated carbocycles. The van der Waals surface area contributed by atoms with E-state index in [2.05, 4.69) is 77.1 Å². The van der Waals surface area contributed by atoms with E-state index in [1.807, 2.05) is 11.8 Å². The van der Waals surface area contributed by atoms with Crippen LogP contribution in [0.3, 0.4) is 0 Å². The summed E-state index contributed by atoms with van der Waals surface area (Å²) in [6.07, 6.45) is 10.4. The van der Waals surface area contributed by atoms with E-state index in [0.717, 1.165) is 0 Å². The van der Waals surface area contributed by atoms with Gasteiger partial charge in [-0.1, -0.05) is 63.6 Å². The van der Waals surface area contributed by atoms with Crippen molar-refractivity contribution >= 4 is 11.8 Å². The first-order chi connectivity index (χ1) is 9.85. The van der Waals surface area contributed by atoms with E-state index in [-0.39, 0.29) is 10.2 Å². The second kappa shape index (κ2) is 6.44. The maximum Gasteiger partial charge on any atom is 0.0387 e. The molecule has 0 radical (unpaired) electrons. The lowest BCUT2D eigenvalue weighted by atomic mass is 9.87. The highest BCUT2D eigenvalue weighted by molar-refractivity contribution is 8.00. The van der Waals surface area contributed by atoms with Crippen LogP contribution in [0, 0.1) is 0 Å². The average molecular weight is 301 g/mol. The van der Waals surface area contributed by atoms with Crippen LogP contribution in [0.4, 0.5) is 0 Å². The van der Waals surface area contributed by atoms with Gasteiger partial charge in [0.1, 0.15) is 0 Å². The lowest BCUT2D eigenvalue weighted by Crippen LogP contribution is -2.22. The molecule has 0 nitrogen and oxygen atoms in total. The van der Waals surface area contributed by atoms with Gasteiger partial charge in [-0.15, -0.1) is 11.8 Å². The number of rotatable bonds is 4. The molecule has 1 heteroatoms. The summed E-state index contributed by atoms with van der Waals surface area (Å²) in [7, 11) is 0. The fourth-order valence-electron chi connectivity index (χ4n) is 2.69. The first-order valence-electron chi connectivity index (χ1n) is 8.01. The largest absolute Gasteiger partial charge is 0.115 e. The van der Waals surface area contributed by atoms with E-state index in [9.17, 15) is 0 Å². The fraction of sp³-hybridized carbons (Fsp3) is 0.500. The zero-order valence-corrected chi connectivity index (χ0v) is 14.9. The maximum atomic E-state index is 2.39. The summed E-state index contributed by atoms with van der Waals surface area (Å²) in [6.45, 7) is 11.5. The highest BCUT2D eigenvalue weighted by atomic mass is 32.2. The maximum absolute atomic E-state index is 2.39. The van der Waals surface area contributed by atoms with Crippen molar-refractivity contribution in [2.75, 3.05) is 0 Å². The zero-order chi connectivity index (χ0) is 15.5. The second-order valence-electron chi connectivity index (χ2n) is 7.12. The lowest BCUT2D eigenvalue weighted by molar-refractivity contribution is 0.589. The summed E-state index contributed by atoms with van der Waals surface area (Å²) in [5, 5.41) is 0. The minimum absolute atomic E-state index is 0.216. The smallest absolute Gasteiger partial charge is 0.0387 e. The van der Waals surface area contributed by atoms with Crippen molar-refractivity contribution in [1.82, 2.24) is 0 Å². The zero-order valence-electron chi connectivity index (χ0n) is 14.1. The van der Waals surface area contributed by atoms with Gasteiger partial charge in [-0.25, -0.2) is 0 Å². The highest BCUT2D eigenvalue weighted by Gasteiger charge is 2.28. The Bertz CT molecular complexity index is 528. The molecule has 0 bridgehead atoms. The first kappa shape index (κ1) is 16.4. The third-order valence-electron chi connectivity index (χ3n) is 4.43. The van der Waals surface area contributed by atoms with Gasteiger partial charge >= 0.3 is 0 Å². The predicted molar refractivity (Wildman–Crippen MR) is 96.2 cm³/mol. The first-order valence-corrected chi connectivity index (χ1v) is 8.82. The van der Waals surface area contributed by atoms with Gasteiger partial charge in [-0.05, 0) is 49.3 Å². The van der Waals surface area contributed by atoms with Crippen molar-refractivity contribution < 1.29 is 0 Å². The summed E-state index contributed by atoms with van der Waals surface area (Å²) in [6, 6.07) is 9.15. The molecule has 0 spiro atoms. The fourth-order valence-corrected chi connectivity index (χ4v) is 3.93. The third kappa shape index (κ3) is 4.03. The average Bonchev–Trinajstić information content (AvgIpc) is 2.47. The van der Waals surface area contributed by atoms with Gasteiger partial charge in [0.05, 0.1) is 0 Å². The Kier molecular flexibility index (Phi) is 5.03. The molecule has 1 aromatic rings. The van der Waals surface area contributed by atoms with Gasteiger partial charge < -0.3 is 0 Å². The third-order valence-corrected chi connectivity index (χ3v) is 5.94. The van der Waals surface area contributed by atoms with Crippen molar-refractivity contribution in [3.8, 4) is 0 Å². The molecule has 114 valence electrons. The topological polar surface area (TPSA) is 0 Å². The van der Waals surface area contributed by atoms with Crippen LogP contribution in [0.5, 0.6) is 0 Å². The Balaban J connectivity index is 2.18. The number of allylic oxidation sites excluding steroid dienone is 3. The monoisotopic (exact) mass is 300 g/mol. The molecule has 2 rings (SSSR count). The molecule has 0 N–H and O–H groups in total. The van der Waals surface area contributed by atoms with Crippen LogP contribution >= 0.6 is 11.8 Å². The molecule has 0 heterocycles. The van der Waals surface area contributed by atoms with Gasteiger partial charge in [0.2, 0.25) is 0 Å². The standard InChI is InChI=1S/C20H28S/c1-6-20(5,17-10-8-7-9-11-17)21-18-14-12-16(13-15-18)19(2,3)4/h7-8,10,12-15H,6,9,11H2,1-5H3. The predicted octanol–water partition coefficient (Wildman–Crippen LogP) is 6.52. The van der Waals surface area contributed by atoms with Crippen molar-refractivity contribution in [2.45, 2.75) is 68.9 Å². The lowest BCUT2D eigenvalue weighted by Gasteiger charge is -2.32. The van der Waals surface area contributed by atoms with Crippen LogP contribution in [0.15, 0.2) is 53.0 Å². The van der Waals surface area contributed by atoms with Crippen LogP contribution in [0.25, 0.3) is 0 Å². The van der Waals surface area contributed by atoms with Crippen molar-refractivity contribution in [1.29, 1.82) is 0 Å². The molecule has 1 aliphatic rings. The van der Waals surface area contributed by atoms with Crippen LogP contribution < -0.4 is 0 Å². The summed E-state index contributed by atoms with van der Waals surface area (Å²) in [5.41, 5.74) is 3.22. The minimum atomic E-state index is 0.216. The Morgan fingerprint density at radius 2 is 1.71 bits per heavy atom. The molecule has 0 aliphatic heterocycles. The summed E-state index contributed by atoms with van der Waals surface area (Å²) < 4.78 is 0.216. The Labute approximate surface area is 134 Å². The van der Waals surface area contributed by atoms with E-state index in [1.165, 1.54) is 29.7 Å². The highest BCUT2D eigenvalue weighted by Crippen LogP contribution is 2.43. The van der Waals surface area contributed by atoms with E-state index in [0.29, 0.717) is 0 Å². The molecule has 1 aromatic carbocycles. The number of benzene rings is 1. The molecule has 0 fully saturated rings. The number of hydrogen-bond acceptors (Lipinski definition) is 1. The molecular weight excluding hydrogens is 272 g/mol. The van der Waals surface area contributed by atoms with Crippen LogP contribution in [-0.4, -0.2) is 4.75 Å². The van der Waals surface area contributed by atoms with Gasteiger partial charge in [-0.2, -0.15) is 0 Å².